The molecule has 0 atom stereocenters. The highest BCUT2D eigenvalue weighted by Crippen LogP contribution is 2.23. The van der Waals surface area contributed by atoms with E-state index in [9.17, 15) is 9.18 Å². The van der Waals surface area contributed by atoms with Gasteiger partial charge < -0.3 is 19.9 Å². The summed E-state index contributed by atoms with van der Waals surface area (Å²) in [6, 6.07) is 6.97. The maximum Gasteiger partial charge on any atom is 0.255 e. The molecule has 1 saturated heterocycles. The lowest BCUT2D eigenvalue weighted by Gasteiger charge is -2.30. The summed E-state index contributed by atoms with van der Waals surface area (Å²) in [6.07, 6.45) is 3.39. The average Bonchev–Trinajstić information content (AvgIpc) is 3.03. The van der Waals surface area contributed by atoms with Gasteiger partial charge in [0.1, 0.15) is 0 Å². The Morgan fingerprint density at radius 3 is 2.70 bits per heavy atom. The molecular formula is C20H22FN5O. The van der Waals surface area contributed by atoms with E-state index in [1.807, 2.05) is 25.1 Å². The zero-order valence-corrected chi connectivity index (χ0v) is 15.4. The smallest absolute Gasteiger partial charge is 0.255 e. The number of carbonyl (C=O) groups excluding carboxylic acids is 1. The first kappa shape index (κ1) is 17.5. The minimum Gasteiger partial charge on any atom is -0.369 e. The van der Waals surface area contributed by atoms with Crippen molar-refractivity contribution in [2.45, 2.75) is 13.8 Å². The quantitative estimate of drug-likeness (QED) is 0.747. The molecule has 1 amide bonds. The van der Waals surface area contributed by atoms with Gasteiger partial charge in [0.2, 0.25) is 0 Å². The first-order valence-electron chi connectivity index (χ1n) is 9.04. The second kappa shape index (κ2) is 7.00. The number of nitrogens with one attached hydrogen (secondary N) is 2. The fraction of sp³-hybridized carbons (Fsp3) is 0.300. The molecule has 1 aromatic carbocycles. The van der Waals surface area contributed by atoms with Crippen molar-refractivity contribution >= 4 is 22.9 Å². The first-order chi connectivity index (χ1) is 13.0. The lowest BCUT2D eigenvalue weighted by molar-refractivity contribution is 0.102. The number of anilines is 2. The van der Waals surface area contributed by atoms with Gasteiger partial charge in [0.05, 0.1) is 11.4 Å². The van der Waals surface area contributed by atoms with Crippen LogP contribution in [0.25, 0.3) is 5.65 Å². The number of aryl methyl sites for hydroxylation is 2. The molecule has 2 aromatic heterocycles. The van der Waals surface area contributed by atoms with Gasteiger partial charge >= 0.3 is 0 Å². The fourth-order valence-electron chi connectivity index (χ4n) is 3.51. The second-order valence-corrected chi connectivity index (χ2v) is 6.88. The van der Waals surface area contributed by atoms with E-state index in [0.29, 0.717) is 11.3 Å². The minimum atomic E-state index is -0.467. The van der Waals surface area contributed by atoms with Gasteiger partial charge in [0.15, 0.2) is 11.5 Å². The Morgan fingerprint density at radius 2 is 1.96 bits per heavy atom. The summed E-state index contributed by atoms with van der Waals surface area (Å²) in [5.41, 5.74) is 4.11. The summed E-state index contributed by atoms with van der Waals surface area (Å²) in [6.45, 7) is 7.64. The van der Waals surface area contributed by atoms with E-state index in [0.717, 1.165) is 43.1 Å². The fourth-order valence-corrected chi connectivity index (χ4v) is 3.51. The second-order valence-electron chi connectivity index (χ2n) is 6.88. The van der Waals surface area contributed by atoms with Crippen LogP contribution < -0.4 is 15.5 Å². The van der Waals surface area contributed by atoms with Crippen LogP contribution in [-0.2, 0) is 0 Å². The van der Waals surface area contributed by atoms with Gasteiger partial charge in [-0.25, -0.2) is 9.37 Å². The molecule has 3 aromatic rings. The summed E-state index contributed by atoms with van der Waals surface area (Å²) in [4.78, 5) is 19.1. The number of pyridine rings is 1. The van der Waals surface area contributed by atoms with Crippen LogP contribution in [0.2, 0.25) is 0 Å². The summed E-state index contributed by atoms with van der Waals surface area (Å²) in [5, 5.41) is 6.11. The Kier molecular flexibility index (Phi) is 4.53. The number of aromatic nitrogens is 2. The number of benzene rings is 1. The lowest BCUT2D eigenvalue weighted by Crippen LogP contribution is -2.43. The van der Waals surface area contributed by atoms with Crippen LogP contribution in [0.1, 0.15) is 21.6 Å². The van der Waals surface area contributed by atoms with Crippen molar-refractivity contribution in [1.29, 1.82) is 0 Å². The van der Waals surface area contributed by atoms with Crippen molar-refractivity contribution in [3.63, 3.8) is 0 Å². The van der Waals surface area contributed by atoms with Gasteiger partial charge in [-0.2, -0.15) is 0 Å². The largest absolute Gasteiger partial charge is 0.369 e. The van der Waals surface area contributed by atoms with Crippen LogP contribution >= 0.6 is 0 Å². The molecule has 0 radical (unpaired) electrons. The Bertz CT molecular complexity index is 1010. The molecule has 27 heavy (non-hydrogen) atoms. The van der Waals surface area contributed by atoms with E-state index in [1.54, 1.807) is 23.7 Å². The Balaban J connectivity index is 1.55. The molecule has 6 nitrogen and oxygen atoms in total. The Morgan fingerprint density at radius 1 is 1.19 bits per heavy atom. The van der Waals surface area contributed by atoms with Gasteiger partial charge in [-0.3, -0.25) is 4.79 Å². The number of halogens is 1. The van der Waals surface area contributed by atoms with Crippen molar-refractivity contribution in [3.8, 4) is 0 Å². The molecule has 4 rings (SSSR count). The SMILES string of the molecule is Cc1cn2cc(NC(=O)c3ccc(N4CCNCC4)c(C)c3)cc(F)c2n1. The molecule has 0 bridgehead atoms. The third-order valence-corrected chi connectivity index (χ3v) is 4.80. The van der Waals surface area contributed by atoms with Gasteiger partial charge in [0.25, 0.3) is 5.91 Å². The molecule has 0 aliphatic carbocycles. The van der Waals surface area contributed by atoms with Crippen LogP contribution in [0.4, 0.5) is 15.8 Å². The number of amides is 1. The Hall–Kier alpha value is -2.93. The number of hydrogen-bond acceptors (Lipinski definition) is 4. The number of fused-ring (bicyclic) bond motifs is 1. The van der Waals surface area contributed by atoms with Crippen molar-refractivity contribution in [1.82, 2.24) is 14.7 Å². The summed E-state index contributed by atoms with van der Waals surface area (Å²) in [7, 11) is 0. The zero-order valence-electron chi connectivity index (χ0n) is 15.4. The highest BCUT2D eigenvalue weighted by Gasteiger charge is 2.15. The van der Waals surface area contributed by atoms with E-state index in [4.69, 9.17) is 0 Å². The van der Waals surface area contributed by atoms with Crippen molar-refractivity contribution in [2.24, 2.45) is 0 Å². The Labute approximate surface area is 157 Å². The average molecular weight is 367 g/mol. The van der Waals surface area contributed by atoms with E-state index >= 15 is 0 Å². The molecular weight excluding hydrogens is 345 g/mol. The number of piperazine rings is 1. The van der Waals surface area contributed by atoms with Gasteiger partial charge in [0, 0.05) is 55.9 Å². The lowest BCUT2D eigenvalue weighted by atomic mass is 10.1. The topological polar surface area (TPSA) is 61.7 Å². The molecule has 140 valence electrons. The predicted molar refractivity (Wildman–Crippen MR) is 104 cm³/mol. The third-order valence-electron chi connectivity index (χ3n) is 4.80. The highest BCUT2D eigenvalue weighted by molar-refractivity contribution is 6.04. The molecule has 1 fully saturated rings. The van der Waals surface area contributed by atoms with Crippen molar-refractivity contribution in [2.75, 3.05) is 36.4 Å². The molecule has 1 aliphatic rings. The van der Waals surface area contributed by atoms with Crippen LogP contribution in [0.15, 0.2) is 36.7 Å². The summed E-state index contributed by atoms with van der Waals surface area (Å²) < 4.78 is 15.8. The zero-order chi connectivity index (χ0) is 19.0. The molecule has 7 heteroatoms. The van der Waals surface area contributed by atoms with Crippen LogP contribution in [0, 0.1) is 19.7 Å². The van der Waals surface area contributed by atoms with E-state index in [-0.39, 0.29) is 11.6 Å². The number of rotatable bonds is 3. The number of hydrogen-bond donors (Lipinski definition) is 2. The number of nitrogens with zero attached hydrogens (tertiary/aromatic N) is 3. The van der Waals surface area contributed by atoms with Gasteiger partial charge in [-0.15, -0.1) is 0 Å². The van der Waals surface area contributed by atoms with E-state index in [2.05, 4.69) is 20.5 Å². The molecule has 0 unspecified atom stereocenters. The van der Waals surface area contributed by atoms with Crippen molar-refractivity contribution < 1.29 is 9.18 Å². The maximum atomic E-state index is 14.2. The minimum absolute atomic E-state index is 0.252. The normalized spacial score (nSPS) is 14.6. The van der Waals surface area contributed by atoms with Gasteiger partial charge in [-0.05, 0) is 37.6 Å². The monoisotopic (exact) mass is 367 g/mol. The van der Waals surface area contributed by atoms with Crippen LogP contribution in [-0.4, -0.2) is 41.5 Å². The molecule has 2 N–H and O–H groups in total. The van der Waals surface area contributed by atoms with Crippen molar-refractivity contribution in [3.05, 3.63) is 59.3 Å². The summed E-state index contributed by atoms with van der Waals surface area (Å²) >= 11 is 0. The molecule has 1 aliphatic heterocycles. The van der Waals surface area contributed by atoms with Gasteiger partial charge in [-0.1, -0.05) is 0 Å². The van der Waals surface area contributed by atoms with Crippen LogP contribution in [0.5, 0.6) is 0 Å². The molecule has 0 saturated carbocycles. The maximum absolute atomic E-state index is 14.2. The highest BCUT2D eigenvalue weighted by atomic mass is 19.1. The van der Waals surface area contributed by atoms with Crippen LogP contribution in [0.3, 0.4) is 0 Å². The standard InChI is InChI=1S/C20H22FN5O/c1-13-9-15(3-4-18(13)25-7-5-22-6-8-25)20(27)24-16-10-17(21)19-23-14(2)11-26(19)12-16/h3-4,9-12,22H,5-8H2,1-2H3,(H,24,27). The van der Waals surface area contributed by atoms with E-state index < -0.39 is 5.82 Å². The first-order valence-corrected chi connectivity index (χ1v) is 9.04. The third kappa shape index (κ3) is 3.50. The van der Waals surface area contributed by atoms with E-state index in [1.165, 1.54) is 6.07 Å². The number of imidazole rings is 1. The molecule has 0 spiro atoms. The number of carbonyl (C=O) groups is 1. The predicted octanol–water partition coefficient (Wildman–Crippen LogP) is 2.75. The molecule has 3 heterocycles. The summed E-state index contributed by atoms with van der Waals surface area (Å²) in [5.74, 6) is -0.730.